The fourth-order valence-electron chi connectivity index (χ4n) is 1.29. The average molecular weight is 246 g/mol. The van der Waals surface area contributed by atoms with Crippen molar-refractivity contribution in [3.8, 4) is 0 Å². The van der Waals surface area contributed by atoms with Gasteiger partial charge in [-0.05, 0) is 29.1 Å². The van der Waals surface area contributed by atoms with Gasteiger partial charge >= 0.3 is 0 Å². The zero-order valence-electron chi connectivity index (χ0n) is 8.67. The second-order valence-corrected chi connectivity index (χ2v) is 4.24. The van der Waals surface area contributed by atoms with E-state index >= 15 is 0 Å². The molecule has 0 saturated heterocycles. The quantitative estimate of drug-likeness (QED) is 0.889. The molecular formula is C12H8NO3S-. The van der Waals surface area contributed by atoms with Crippen LogP contribution in [0.4, 0.5) is 5.69 Å². The highest BCUT2D eigenvalue weighted by Gasteiger charge is 2.06. The van der Waals surface area contributed by atoms with Gasteiger partial charge in [-0.3, -0.25) is 4.79 Å². The molecule has 2 aromatic rings. The zero-order chi connectivity index (χ0) is 12.3. The van der Waals surface area contributed by atoms with Crippen molar-refractivity contribution >= 4 is 28.9 Å². The fourth-order valence-corrected chi connectivity index (χ4v) is 1.91. The summed E-state index contributed by atoms with van der Waals surface area (Å²) >= 11 is 1.34. The van der Waals surface area contributed by atoms with Gasteiger partial charge in [0.2, 0.25) is 0 Å². The molecule has 0 spiro atoms. The molecule has 0 atom stereocenters. The molecule has 1 N–H and O–H groups in total. The van der Waals surface area contributed by atoms with Crippen LogP contribution in [0.15, 0.2) is 41.8 Å². The molecule has 1 amide bonds. The van der Waals surface area contributed by atoms with E-state index in [1.807, 2.05) is 5.38 Å². The predicted molar refractivity (Wildman–Crippen MR) is 63.0 cm³/mol. The molecule has 0 radical (unpaired) electrons. The summed E-state index contributed by atoms with van der Waals surface area (Å²) in [5.74, 6) is -1.44. The van der Waals surface area contributed by atoms with Gasteiger partial charge in [0.05, 0.1) is 10.8 Å². The lowest BCUT2D eigenvalue weighted by Crippen LogP contribution is -2.22. The number of carbonyl (C=O) groups is 2. The number of rotatable bonds is 3. The molecule has 0 aliphatic rings. The van der Waals surface area contributed by atoms with Crippen molar-refractivity contribution in [2.45, 2.75) is 0 Å². The van der Waals surface area contributed by atoms with E-state index in [0.717, 1.165) is 0 Å². The van der Waals surface area contributed by atoms with Crippen LogP contribution in [0.1, 0.15) is 20.0 Å². The summed E-state index contributed by atoms with van der Waals surface area (Å²) in [7, 11) is 0. The van der Waals surface area contributed by atoms with E-state index in [0.29, 0.717) is 10.6 Å². The maximum atomic E-state index is 11.7. The number of benzene rings is 1. The molecule has 17 heavy (non-hydrogen) atoms. The summed E-state index contributed by atoms with van der Waals surface area (Å²) in [5, 5.41) is 15.0. The normalized spacial score (nSPS) is 9.88. The predicted octanol–water partition coefficient (Wildman–Crippen LogP) is 1.36. The lowest BCUT2D eigenvalue weighted by Gasteiger charge is -2.05. The summed E-state index contributed by atoms with van der Waals surface area (Å²) in [5.41, 5.74) is 0.632. The standard InChI is InChI=1S/C12H9NO3S/c14-11(10-2-1-7-17-10)13-9-5-3-8(4-6-9)12(15)16/h1-7H,(H,13,14)(H,15,16)/p-1. The van der Waals surface area contributed by atoms with Crippen molar-refractivity contribution in [1.29, 1.82) is 0 Å². The molecule has 0 fully saturated rings. The summed E-state index contributed by atoms with van der Waals surface area (Å²) in [4.78, 5) is 22.8. The van der Waals surface area contributed by atoms with Gasteiger partial charge in [-0.15, -0.1) is 11.3 Å². The molecule has 1 aromatic heterocycles. The summed E-state index contributed by atoms with van der Waals surface area (Å²) < 4.78 is 0. The van der Waals surface area contributed by atoms with E-state index in [1.165, 1.54) is 35.6 Å². The summed E-state index contributed by atoms with van der Waals surface area (Å²) in [6.45, 7) is 0. The molecular weight excluding hydrogens is 238 g/mol. The van der Waals surface area contributed by atoms with Crippen molar-refractivity contribution in [3.05, 3.63) is 52.2 Å². The van der Waals surface area contributed by atoms with Crippen molar-refractivity contribution in [1.82, 2.24) is 0 Å². The number of hydrogen-bond donors (Lipinski definition) is 1. The lowest BCUT2D eigenvalue weighted by atomic mass is 10.2. The fraction of sp³-hybridized carbons (Fsp3) is 0. The molecule has 0 bridgehead atoms. The molecule has 0 unspecified atom stereocenters. The lowest BCUT2D eigenvalue weighted by molar-refractivity contribution is -0.255. The van der Waals surface area contributed by atoms with Crippen LogP contribution in [0.2, 0.25) is 0 Å². The average Bonchev–Trinajstić information content (AvgIpc) is 2.83. The van der Waals surface area contributed by atoms with E-state index in [-0.39, 0.29) is 11.5 Å². The molecule has 0 aliphatic carbocycles. The van der Waals surface area contributed by atoms with Crippen LogP contribution in [0.3, 0.4) is 0 Å². The van der Waals surface area contributed by atoms with Crippen molar-refractivity contribution < 1.29 is 14.7 Å². The van der Waals surface area contributed by atoms with Crippen LogP contribution in [-0.4, -0.2) is 11.9 Å². The molecule has 5 heteroatoms. The smallest absolute Gasteiger partial charge is 0.265 e. The Morgan fingerprint density at radius 1 is 1.12 bits per heavy atom. The second-order valence-electron chi connectivity index (χ2n) is 3.30. The van der Waals surface area contributed by atoms with Gasteiger partial charge in [0.15, 0.2) is 0 Å². The van der Waals surface area contributed by atoms with Gasteiger partial charge in [0.25, 0.3) is 5.91 Å². The van der Waals surface area contributed by atoms with Crippen molar-refractivity contribution in [3.63, 3.8) is 0 Å². The van der Waals surface area contributed by atoms with Crippen LogP contribution in [0, 0.1) is 0 Å². The Morgan fingerprint density at radius 3 is 2.35 bits per heavy atom. The number of carboxylic acids is 1. The van der Waals surface area contributed by atoms with E-state index in [1.54, 1.807) is 12.1 Å². The van der Waals surface area contributed by atoms with E-state index in [2.05, 4.69) is 5.32 Å². The number of hydrogen-bond acceptors (Lipinski definition) is 4. The molecule has 4 nitrogen and oxygen atoms in total. The Morgan fingerprint density at radius 2 is 1.82 bits per heavy atom. The van der Waals surface area contributed by atoms with Crippen LogP contribution in [0.25, 0.3) is 0 Å². The van der Waals surface area contributed by atoms with E-state index < -0.39 is 5.97 Å². The van der Waals surface area contributed by atoms with Crippen molar-refractivity contribution in [2.75, 3.05) is 5.32 Å². The zero-order valence-corrected chi connectivity index (χ0v) is 9.49. The van der Waals surface area contributed by atoms with E-state index in [9.17, 15) is 14.7 Å². The summed E-state index contributed by atoms with van der Waals surface area (Å²) in [6, 6.07) is 9.33. The van der Waals surface area contributed by atoms with Crippen molar-refractivity contribution in [2.24, 2.45) is 0 Å². The third-order valence-electron chi connectivity index (χ3n) is 2.12. The Hall–Kier alpha value is -2.14. The molecule has 1 aromatic carbocycles. The van der Waals surface area contributed by atoms with Crippen LogP contribution in [-0.2, 0) is 0 Å². The monoisotopic (exact) mass is 246 g/mol. The maximum Gasteiger partial charge on any atom is 0.265 e. The Balaban J connectivity index is 2.09. The molecule has 1 heterocycles. The van der Waals surface area contributed by atoms with Gasteiger partial charge in [0.1, 0.15) is 0 Å². The maximum absolute atomic E-state index is 11.7. The third-order valence-corrected chi connectivity index (χ3v) is 2.99. The first-order valence-corrected chi connectivity index (χ1v) is 5.71. The van der Waals surface area contributed by atoms with Crippen LogP contribution < -0.4 is 10.4 Å². The largest absolute Gasteiger partial charge is 0.545 e. The second kappa shape index (κ2) is 4.80. The first kappa shape index (κ1) is 11.3. The third kappa shape index (κ3) is 2.70. The van der Waals surface area contributed by atoms with Gasteiger partial charge in [-0.25, -0.2) is 0 Å². The highest BCUT2D eigenvalue weighted by molar-refractivity contribution is 7.12. The number of thiophene rings is 1. The number of nitrogens with one attached hydrogen (secondary N) is 1. The number of carboxylic acid groups (broad SMARTS) is 1. The first-order valence-electron chi connectivity index (χ1n) is 4.83. The van der Waals surface area contributed by atoms with Crippen LogP contribution >= 0.6 is 11.3 Å². The molecule has 0 saturated carbocycles. The Labute approximate surface area is 102 Å². The molecule has 0 aliphatic heterocycles. The number of carbonyl (C=O) groups excluding carboxylic acids is 2. The topological polar surface area (TPSA) is 69.2 Å². The molecule has 86 valence electrons. The highest BCUT2D eigenvalue weighted by Crippen LogP contribution is 2.13. The SMILES string of the molecule is O=C([O-])c1ccc(NC(=O)c2cccs2)cc1. The Bertz CT molecular complexity index is 531. The summed E-state index contributed by atoms with van der Waals surface area (Å²) in [6.07, 6.45) is 0. The first-order chi connectivity index (χ1) is 8.16. The van der Waals surface area contributed by atoms with Gasteiger partial charge in [0, 0.05) is 5.69 Å². The van der Waals surface area contributed by atoms with Gasteiger partial charge in [-0.1, -0.05) is 18.2 Å². The number of amides is 1. The van der Waals surface area contributed by atoms with Gasteiger partial charge in [-0.2, -0.15) is 0 Å². The minimum atomic E-state index is -1.24. The minimum absolute atomic E-state index is 0.0825. The minimum Gasteiger partial charge on any atom is -0.545 e. The highest BCUT2D eigenvalue weighted by atomic mass is 32.1. The number of anilines is 1. The number of aromatic carboxylic acids is 1. The van der Waals surface area contributed by atoms with Gasteiger partial charge < -0.3 is 15.2 Å². The van der Waals surface area contributed by atoms with Crippen LogP contribution in [0.5, 0.6) is 0 Å². The molecule has 2 rings (SSSR count). The Kier molecular flexibility index (Phi) is 3.20. The van der Waals surface area contributed by atoms with E-state index in [4.69, 9.17) is 0 Å².